The highest BCUT2D eigenvalue weighted by Crippen LogP contribution is 2.56. The highest BCUT2D eigenvalue weighted by atomic mass is 32.2. The molecule has 2 N–H and O–H groups in total. The van der Waals surface area contributed by atoms with Crippen molar-refractivity contribution in [1.29, 1.82) is 0 Å². The summed E-state index contributed by atoms with van der Waals surface area (Å²) in [4.78, 5) is 42.7. The maximum absolute atomic E-state index is 14.7. The van der Waals surface area contributed by atoms with Gasteiger partial charge in [-0.2, -0.15) is 11.8 Å². The number of aliphatic carboxylic acids is 1. The molecule has 0 spiro atoms. The average Bonchev–Trinajstić information content (AvgIpc) is 3.43. The number of carbonyl (C=O) groups is 3. The topological polar surface area (TPSA) is 104 Å². The monoisotopic (exact) mass is 711 g/mol. The number of thioether (sulfide) groups is 2. The van der Waals surface area contributed by atoms with Gasteiger partial charge in [-0.15, -0.1) is 0 Å². The number of hydrogen-bond acceptors (Lipinski definition) is 7. The largest absolute Gasteiger partial charge is 0.479 e. The molecule has 1 saturated heterocycles. The van der Waals surface area contributed by atoms with Crippen LogP contribution < -0.4 is 0 Å². The van der Waals surface area contributed by atoms with E-state index in [0.29, 0.717) is 6.42 Å². The Bertz CT molecular complexity index is 1280. The van der Waals surface area contributed by atoms with Gasteiger partial charge >= 0.3 is 5.97 Å². The lowest BCUT2D eigenvalue weighted by molar-refractivity contribution is -0.170. The molecule has 1 aliphatic rings. The number of ether oxygens (including phenoxy) is 1. The van der Waals surface area contributed by atoms with Crippen LogP contribution >= 0.6 is 23.5 Å². The Morgan fingerprint density at radius 3 is 2.00 bits per heavy atom. The second-order valence-corrected chi connectivity index (χ2v) is 15.8. The number of nitrogens with zero attached hydrogens (tertiary/aromatic N) is 1. The summed E-state index contributed by atoms with van der Waals surface area (Å²) in [6.07, 6.45) is 14.4. The van der Waals surface area contributed by atoms with E-state index in [2.05, 4.69) is 6.92 Å². The van der Waals surface area contributed by atoms with Crippen LogP contribution in [0.4, 0.5) is 4.79 Å². The quantitative estimate of drug-likeness (QED) is 0.0869. The molecule has 9 heteroatoms. The lowest BCUT2D eigenvalue weighted by Crippen LogP contribution is -2.57. The van der Waals surface area contributed by atoms with Gasteiger partial charge in [0.25, 0.3) is 5.24 Å². The van der Waals surface area contributed by atoms with Crippen molar-refractivity contribution >= 4 is 40.6 Å². The second kappa shape index (κ2) is 20.9. The summed E-state index contributed by atoms with van der Waals surface area (Å²) in [7, 11) is 1.42. The summed E-state index contributed by atoms with van der Waals surface area (Å²) in [5, 5.41) is 21.6. The van der Waals surface area contributed by atoms with Gasteiger partial charge < -0.3 is 14.9 Å². The maximum Gasteiger partial charge on any atom is 0.336 e. The maximum atomic E-state index is 14.7. The minimum absolute atomic E-state index is 0.0640. The Hall–Kier alpha value is -2.59. The number of amides is 2. The molecule has 1 heterocycles. The summed E-state index contributed by atoms with van der Waals surface area (Å²) in [5.74, 6) is -1.52. The lowest BCUT2D eigenvalue weighted by Gasteiger charge is -2.41. The zero-order valence-corrected chi connectivity index (χ0v) is 31.5. The molecule has 7 nitrogen and oxygen atoms in total. The van der Waals surface area contributed by atoms with Crippen molar-refractivity contribution in [3.63, 3.8) is 0 Å². The molecule has 0 aliphatic carbocycles. The van der Waals surface area contributed by atoms with Crippen molar-refractivity contribution in [2.75, 3.05) is 25.2 Å². The predicted octanol–water partition coefficient (Wildman–Crippen LogP) is 9.33. The number of rotatable bonds is 23. The molecule has 3 rings (SSSR count). The third-order valence-corrected chi connectivity index (χ3v) is 11.9. The van der Waals surface area contributed by atoms with Gasteiger partial charge in [-0.1, -0.05) is 132 Å². The normalized spacial score (nSPS) is 17.9. The number of hydrogen-bond donors (Lipinski definition) is 2. The van der Waals surface area contributed by atoms with E-state index in [4.69, 9.17) is 4.74 Å². The Labute approximate surface area is 302 Å². The molecule has 0 saturated carbocycles. The van der Waals surface area contributed by atoms with Crippen molar-refractivity contribution in [1.82, 2.24) is 4.90 Å². The number of methoxy groups -OCH3 is 1. The molecular weight excluding hydrogens is 655 g/mol. The number of carboxylic acid groups (broad SMARTS) is 1. The van der Waals surface area contributed by atoms with E-state index in [1.807, 2.05) is 86.3 Å². The smallest absolute Gasteiger partial charge is 0.336 e. The van der Waals surface area contributed by atoms with Gasteiger partial charge in [-0.05, 0) is 66.0 Å². The first-order valence-electron chi connectivity index (χ1n) is 18.0. The molecule has 2 aromatic rings. The van der Waals surface area contributed by atoms with E-state index >= 15 is 0 Å². The van der Waals surface area contributed by atoms with Gasteiger partial charge in [0.2, 0.25) is 5.91 Å². The van der Waals surface area contributed by atoms with E-state index in [1.165, 1.54) is 55.9 Å². The van der Waals surface area contributed by atoms with Gasteiger partial charge in [0, 0.05) is 20.1 Å². The molecule has 2 amide bonds. The van der Waals surface area contributed by atoms with Crippen molar-refractivity contribution in [2.45, 2.75) is 108 Å². The Morgan fingerprint density at radius 1 is 0.939 bits per heavy atom. The summed E-state index contributed by atoms with van der Waals surface area (Å²) in [5.41, 5.74) is -0.716. The third-order valence-electron chi connectivity index (χ3n) is 9.38. The summed E-state index contributed by atoms with van der Waals surface area (Å²) in [6.45, 7) is 6.11. The summed E-state index contributed by atoms with van der Waals surface area (Å²) >= 11 is 3.11. The molecule has 3 atom stereocenters. The van der Waals surface area contributed by atoms with Gasteiger partial charge in [-0.3, -0.25) is 14.5 Å². The van der Waals surface area contributed by atoms with Gasteiger partial charge in [0.15, 0.2) is 5.60 Å². The van der Waals surface area contributed by atoms with Crippen LogP contribution in [0.15, 0.2) is 72.8 Å². The zero-order valence-electron chi connectivity index (χ0n) is 29.9. The van der Waals surface area contributed by atoms with Crippen LogP contribution in [0.1, 0.15) is 103 Å². The van der Waals surface area contributed by atoms with Crippen molar-refractivity contribution in [2.24, 2.45) is 11.8 Å². The van der Waals surface area contributed by atoms with Crippen molar-refractivity contribution in [3.05, 3.63) is 83.9 Å². The minimum Gasteiger partial charge on any atom is -0.479 e. The molecular formula is C40H57NO6S2. The Balaban J connectivity index is 1.82. The third kappa shape index (κ3) is 10.7. The van der Waals surface area contributed by atoms with Gasteiger partial charge in [-0.25, -0.2) is 4.79 Å². The molecule has 49 heavy (non-hydrogen) atoms. The molecule has 1 fully saturated rings. The number of imide groups is 1. The van der Waals surface area contributed by atoms with E-state index in [-0.39, 0.29) is 18.9 Å². The molecule has 0 bridgehead atoms. The van der Waals surface area contributed by atoms with E-state index in [9.17, 15) is 24.6 Å². The van der Waals surface area contributed by atoms with E-state index < -0.39 is 39.4 Å². The van der Waals surface area contributed by atoms with Crippen LogP contribution in [0, 0.1) is 11.8 Å². The highest BCUT2D eigenvalue weighted by molar-refractivity contribution is 8.15. The summed E-state index contributed by atoms with van der Waals surface area (Å²) < 4.78 is 4.22. The fourth-order valence-electron chi connectivity index (χ4n) is 6.75. The van der Waals surface area contributed by atoms with Crippen LogP contribution in [0.5, 0.6) is 0 Å². The van der Waals surface area contributed by atoms with E-state index in [0.717, 1.165) is 54.3 Å². The average molecular weight is 712 g/mol. The highest BCUT2D eigenvalue weighted by Gasteiger charge is 2.60. The van der Waals surface area contributed by atoms with Crippen molar-refractivity contribution in [3.8, 4) is 0 Å². The number of unbranched alkanes of at least 4 members (excludes halogenated alkanes) is 8. The number of benzene rings is 2. The predicted molar refractivity (Wildman–Crippen MR) is 203 cm³/mol. The first-order valence-corrected chi connectivity index (χ1v) is 20.0. The van der Waals surface area contributed by atoms with Gasteiger partial charge in [0.1, 0.15) is 0 Å². The van der Waals surface area contributed by atoms with Crippen LogP contribution in [0.25, 0.3) is 0 Å². The van der Waals surface area contributed by atoms with Crippen LogP contribution in [-0.2, 0) is 19.1 Å². The fraction of sp³-hybridized carbons (Fsp3) is 0.575. The number of carbonyl (C=O) groups excluding carboxylic acids is 2. The Kier molecular flexibility index (Phi) is 17.4. The Morgan fingerprint density at radius 2 is 1.49 bits per heavy atom. The summed E-state index contributed by atoms with van der Waals surface area (Å²) in [6, 6.07) is 18.7. The zero-order chi connectivity index (χ0) is 35.7. The second-order valence-electron chi connectivity index (χ2n) is 13.3. The molecule has 270 valence electrons. The fourth-order valence-corrected chi connectivity index (χ4v) is 9.35. The standard InChI is InChI=1S/C40H57NO6S2/c1-5-6-7-11-20-29-48-30-21-12-9-8-10-19-26-34(39(46,37(43)44)27-28-47-4)36(42)41-35(31(2)3)40(49-38(41)45,32-22-15-13-16-23-32)33-24-17-14-18-25-33/h13-19,22-26,31,34-35,46H,5-12,20-21,27-30H2,1-4H3,(H,43,44)/t34-,35+,39+/m1/s1. The van der Waals surface area contributed by atoms with Crippen LogP contribution in [0.2, 0.25) is 0 Å². The number of aliphatic hydroxyl groups is 1. The first kappa shape index (κ1) is 40.8. The molecule has 1 aliphatic heterocycles. The SMILES string of the molecule is CCCCCCCSCCCCCCC=C[C@H](C(=O)N1C(=O)SC(c2ccccc2)(c2ccccc2)[C@@H]1C(C)C)[C@@](O)(CCOC)C(=O)O. The van der Waals surface area contributed by atoms with Crippen LogP contribution in [-0.4, -0.2) is 69.1 Å². The van der Waals surface area contributed by atoms with E-state index in [1.54, 1.807) is 6.08 Å². The molecule has 0 radical (unpaired) electrons. The van der Waals surface area contributed by atoms with Gasteiger partial charge in [0.05, 0.1) is 16.7 Å². The van der Waals surface area contributed by atoms with Crippen molar-refractivity contribution < 1.29 is 29.3 Å². The molecule has 0 unspecified atom stereocenters. The number of carboxylic acids is 1. The molecule has 0 aromatic heterocycles. The van der Waals surface area contributed by atoms with Crippen LogP contribution in [0.3, 0.4) is 0 Å². The lowest BCUT2D eigenvalue weighted by atomic mass is 9.77. The first-order chi connectivity index (χ1) is 23.6. The number of allylic oxidation sites excluding steroid dienone is 1. The minimum atomic E-state index is -2.46. The molecule has 2 aromatic carbocycles.